The number of halogens is 1. The Morgan fingerprint density at radius 1 is 1.07 bits per heavy atom. The lowest BCUT2D eigenvalue weighted by atomic mass is 10.1. The molecule has 0 fully saturated rings. The molecule has 0 aliphatic rings. The summed E-state index contributed by atoms with van der Waals surface area (Å²) >= 11 is 0. The second kappa shape index (κ2) is 9.53. The Kier molecular flexibility index (Phi) is 6.61. The van der Waals surface area contributed by atoms with Crippen molar-refractivity contribution in [2.24, 2.45) is 0 Å². The van der Waals surface area contributed by atoms with Crippen LogP contribution >= 0.6 is 0 Å². The summed E-state index contributed by atoms with van der Waals surface area (Å²) in [5, 5.41) is 12.1. The third-order valence-electron chi connectivity index (χ3n) is 4.36. The molecule has 3 aromatic carbocycles. The van der Waals surface area contributed by atoms with Gasteiger partial charge >= 0.3 is 0 Å². The van der Waals surface area contributed by atoms with Gasteiger partial charge in [0, 0.05) is 11.3 Å². The summed E-state index contributed by atoms with van der Waals surface area (Å²) in [6.45, 7) is 4.44. The molecule has 0 bridgehead atoms. The first-order valence-electron chi connectivity index (χ1n) is 9.42. The SMILES string of the molecule is Cc1cc(C)cc(COc2ccccc2/C=C(\C#N)C(=O)Nc2ccc(F)cc2)c1. The standard InChI is InChI=1S/C25H21FN2O2/c1-17-11-18(2)13-19(12-17)16-30-24-6-4-3-5-20(24)14-21(15-27)25(29)28-23-9-7-22(26)8-10-23/h3-14H,16H2,1-2H3,(H,28,29)/b21-14+. The van der Waals surface area contributed by atoms with Crippen molar-refractivity contribution in [1.29, 1.82) is 5.26 Å². The lowest BCUT2D eigenvalue weighted by Crippen LogP contribution is -2.13. The quantitative estimate of drug-likeness (QED) is 0.435. The molecule has 4 nitrogen and oxygen atoms in total. The maximum absolute atomic E-state index is 13.0. The average molecular weight is 400 g/mol. The summed E-state index contributed by atoms with van der Waals surface area (Å²) in [6, 6.07) is 20.7. The maximum Gasteiger partial charge on any atom is 0.266 e. The Labute approximate surface area is 175 Å². The summed E-state index contributed by atoms with van der Waals surface area (Å²) in [7, 11) is 0. The number of nitrogens with one attached hydrogen (secondary N) is 1. The van der Waals surface area contributed by atoms with Crippen LogP contribution in [0.25, 0.3) is 6.08 Å². The van der Waals surface area contributed by atoms with Crippen LogP contribution in [0.5, 0.6) is 5.75 Å². The molecule has 0 radical (unpaired) electrons. The molecule has 150 valence electrons. The van der Waals surface area contributed by atoms with E-state index in [1.807, 2.05) is 32.0 Å². The number of anilines is 1. The van der Waals surface area contributed by atoms with Gasteiger partial charge in [-0.1, -0.05) is 47.5 Å². The Morgan fingerprint density at radius 2 is 1.73 bits per heavy atom. The smallest absolute Gasteiger partial charge is 0.266 e. The van der Waals surface area contributed by atoms with Crippen LogP contribution < -0.4 is 10.1 Å². The van der Waals surface area contributed by atoms with Crippen molar-refractivity contribution in [3.05, 3.63) is 100 Å². The monoisotopic (exact) mass is 400 g/mol. The Morgan fingerprint density at radius 3 is 2.40 bits per heavy atom. The van der Waals surface area contributed by atoms with Crippen molar-refractivity contribution >= 4 is 17.7 Å². The van der Waals surface area contributed by atoms with E-state index < -0.39 is 11.7 Å². The third kappa shape index (κ3) is 5.55. The van der Waals surface area contributed by atoms with Crippen molar-refractivity contribution < 1.29 is 13.9 Å². The molecule has 0 aliphatic heterocycles. The van der Waals surface area contributed by atoms with Crippen LogP contribution in [0.4, 0.5) is 10.1 Å². The van der Waals surface area contributed by atoms with E-state index in [9.17, 15) is 14.4 Å². The van der Waals surface area contributed by atoms with Crippen LogP contribution in [0.2, 0.25) is 0 Å². The Balaban J connectivity index is 1.78. The summed E-state index contributed by atoms with van der Waals surface area (Å²) in [6.07, 6.45) is 1.48. The first kappa shape index (κ1) is 20.8. The lowest BCUT2D eigenvalue weighted by molar-refractivity contribution is -0.112. The number of hydrogen-bond acceptors (Lipinski definition) is 3. The van der Waals surface area contributed by atoms with Crippen LogP contribution in [-0.2, 0) is 11.4 Å². The van der Waals surface area contributed by atoms with E-state index in [1.165, 1.54) is 30.3 Å². The average Bonchev–Trinajstić information content (AvgIpc) is 2.72. The molecule has 30 heavy (non-hydrogen) atoms. The van der Waals surface area contributed by atoms with Gasteiger partial charge in [0.25, 0.3) is 5.91 Å². The van der Waals surface area contributed by atoms with Crippen molar-refractivity contribution in [1.82, 2.24) is 0 Å². The molecule has 0 spiro atoms. The van der Waals surface area contributed by atoms with E-state index in [0.29, 0.717) is 23.6 Å². The highest BCUT2D eigenvalue weighted by Gasteiger charge is 2.11. The topological polar surface area (TPSA) is 62.1 Å². The van der Waals surface area contributed by atoms with E-state index in [-0.39, 0.29) is 5.57 Å². The molecule has 0 aromatic heterocycles. The Hall–Kier alpha value is -3.91. The van der Waals surface area contributed by atoms with Crippen molar-refractivity contribution in [3.63, 3.8) is 0 Å². The van der Waals surface area contributed by atoms with Crippen molar-refractivity contribution in [2.45, 2.75) is 20.5 Å². The van der Waals surface area contributed by atoms with E-state index in [1.54, 1.807) is 12.1 Å². The van der Waals surface area contributed by atoms with Gasteiger partial charge in [-0.05, 0) is 55.8 Å². The van der Waals surface area contributed by atoms with Crippen molar-refractivity contribution in [3.8, 4) is 11.8 Å². The number of nitrogens with zero attached hydrogens (tertiary/aromatic N) is 1. The molecular weight excluding hydrogens is 379 g/mol. The minimum Gasteiger partial charge on any atom is -0.488 e. The molecule has 3 rings (SSSR count). The fraction of sp³-hybridized carbons (Fsp3) is 0.120. The van der Waals surface area contributed by atoms with Gasteiger partial charge in [0.1, 0.15) is 29.8 Å². The number of carbonyl (C=O) groups is 1. The van der Waals surface area contributed by atoms with E-state index in [4.69, 9.17) is 4.74 Å². The number of carbonyl (C=O) groups excluding carboxylic acids is 1. The highest BCUT2D eigenvalue weighted by molar-refractivity contribution is 6.09. The maximum atomic E-state index is 13.0. The normalized spacial score (nSPS) is 10.9. The lowest BCUT2D eigenvalue weighted by Gasteiger charge is -2.11. The van der Waals surface area contributed by atoms with Crippen molar-refractivity contribution in [2.75, 3.05) is 5.32 Å². The van der Waals surface area contributed by atoms with Crippen LogP contribution in [0.15, 0.2) is 72.3 Å². The van der Waals surface area contributed by atoms with Gasteiger partial charge in [0.2, 0.25) is 0 Å². The zero-order valence-corrected chi connectivity index (χ0v) is 16.8. The van der Waals surface area contributed by atoms with E-state index >= 15 is 0 Å². The number of aryl methyl sites for hydroxylation is 2. The van der Waals surface area contributed by atoms with Gasteiger partial charge in [0.15, 0.2) is 0 Å². The van der Waals surface area contributed by atoms with E-state index in [0.717, 1.165) is 16.7 Å². The fourth-order valence-electron chi connectivity index (χ4n) is 3.08. The third-order valence-corrected chi connectivity index (χ3v) is 4.36. The van der Waals surface area contributed by atoms with Gasteiger partial charge in [-0.25, -0.2) is 4.39 Å². The minimum absolute atomic E-state index is 0.0817. The number of ether oxygens (including phenoxy) is 1. The number of amides is 1. The molecule has 0 atom stereocenters. The molecule has 5 heteroatoms. The molecule has 1 N–H and O–H groups in total. The number of para-hydroxylation sites is 1. The molecule has 0 saturated heterocycles. The van der Waals surface area contributed by atoms with Gasteiger partial charge < -0.3 is 10.1 Å². The predicted molar refractivity (Wildman–Crippen MR) is 115 cm³/mol. The largest absolute Gasteiger partial charge is 0.488 e. The van der Waals surface area contributed by atoms with Gasteiger partial charge in [0.05, 0.1) is 0 Å². The van der Waals surface area contributed by atoms with Gasteiger partial charge in [-0.2, -0.15) is 5.26 Å². The molecule has 1 amide bonds. The summed E-state index contributed by atoms with van der Waals surface area (Å²) in [5.74, 6) is -0.411. The van der Waals surface area contributed by atoms with Crippen LogP contribution in [0.3, 0.4) is 0 Å². The Bertz CT molecular complexity index is 1110. The first-order valence-corrected chi connectivity index (χ1v) is 9.42. The number of nitriles is 1. The first-order chi connectivity index (χ1) is 14.4. The molecule has 0 heterocycles. The van der Waals surface area contributed by atoms with Crippen LogP contribution in [0.1, 0.15) is 22.3 Å². The second-order valence-corrected chi connectivity index (χ2v) is 6.95. The summed E-state index contributed by atoms with van der Waals surface area (Å²) in [4.78, 5) is 12.5. The highest BCUT2D eigenvalue weighted by atomic mass is 19.1. The molecular formula is C25H21FN2O2. The number of rotatable bonds is 6. The van der Waals surface area contributed by atoms with Gasteiger partial charge in [-0.3, -0.25) is 4.79 Å². The molecule has 0 aliphatic carbocycles. The number of benzene rings is 3. The summed E-state index contributed by atoms with van der Waals surface area (Å²) in [5.41, 5.74) is 4.30. The van der Waals surface area contributed by atoms with Crippen LogP contribution in [0, 0.1) is 31.0 Å². The highest BCUT2D eigenvalue weighted by Crippen LogP contribution is 2.23. The second-order valence-electron chi connectivity index (χ2n) is 6.95. The van der Waals surface area contributed by atoms with E-state index in [2.05, 4.69) is 23.5 Å². The zero-order chi connectivity index (χ0) is 21.5. The molecule has 0 unspecified atom stereocenters. The predicted octanol–water partition coefficient (Wildman–Crippen LogP) is 5.57. The fourth-order valence-corrected chi connectivity index (χ4v) is 3.08. The minimum atomic E-state index is -0.576. The number of hydrogen-bond donors (Lipinski definition) is 1. The summed E-state index contributed by atoms with van der Waals surface area (Å²) < 4.78 is 19.0. The zero-order valence-electron chi connectivity index (χ0n) is 16.8. The van der Waals surface area contributed by atoms with Gasteiger partial charge in [-0.15, -0.1) is 0 Å². The molecule has 0 saturated carbocycles. The molecule has 3 aromatic rings. The van der Waals surface area contributed by atoms with Crippen LogP contribution in [-0.4, -0.2) is 5.91 Å².